The summed E-state index contributed by atoms with van der Waals surface area (Å²) in [7, 11) is -3.70. The Morgan fingerprint density at radius 3 is 2.65 bits per heavy atom. The zero-order valence-corrected chi connectivity index (χ0v) is 12.3. The molecule has 1 aromatic carbocycles. The summed E-state index contributed by atoms with van der Waals surface area (Å²) in [5.74, 6) is 0.0914. The molecule has 0 unspecified atom stereocenters. The van der Waals surface area contributed by atoms with Crippen LogP contribution in [0.15, 0.2) is 23.1 Å². The molecule has 1 aliphatic carbocycles. The zero-order valence-electron chi connectivity index (χ0n) is 10.7. The van der Waals surface area contributed by atoms with Crippen LogP contribution in [-0.4, -0.2) is 27.4 Å². The van der Waals surface area contributed by atoms with Crippen molar-refractivity contribution >= 4 is 33.2 Å². The van der Waals surface area contributed by atoms with E-state index in [-0.39, 0.29) is 35.5 Å². The fourth-order valence-corrected chi connectivity index (χ4v) is 3.03. The van der Waals surface area contributed by atoms with E-state index in [9.17, 15) is 13.2 Å². The molecule has 2 rings (SSSR count). The molecule has 0 spiro atoms. The molecule has 4 N–H and O–H groups in total. The zero-order chi connectivity index (χ0) is 14.8. The minimum Gasteiger partial charge on any atom is -0.398 e. The largest absolute Gasteiger partial charge is 0.398 e. The number of anilines is 1. The Kier molecular flexibility index (Phi) is 4.52. The summed E-state index contributed by atoms with van der Waals surface area (Å²) in [6, 6.07) is 4.19. The van der Waals surface area contributed by atoms with Gasteiger partial charge >= 0.3 is 0 Å². The van der Waals surface area contributed by atoms with Crippen LogP contribution in [0.3, 0.4) is 0 Å². The number of rotatable bonds is 6. The van der Waals surface area contributed by atoms with E-state index >= 15 is 0 Å². The number of carbonyl (C=O) groups is 1. The van der Waals surface area contributed by atoms with Crippen molar-refractivity contribution in [3.8, 4) is 0 Å². The number of amides is 1. The first-order valence-corrected chi connectivity index (χ1v) is 8.08. The Morgan fingerprint density at radius 1 is 1.35 bits per heavy atom. The summed E-state index contributed by atoms with van der Waals surface area (Å²) >= 11 is 5.72. The molecule has 0 bridgehead atoms. The van der Waals surface area contributed by atoms with Gasteiger partial charge in [-0.3, -0.25) is 4.79 Å². The molecule has 1 aromatic rings. The van der Waals surface area contributed by atoms with Gasteiger partial charge in [0, 0.05) is 24.0 Å². The van der Waals surface area contributed by atoms with Crippen LogP contribution in [0.4, 0.5) is 5.69 Å². The van der Waals surface area contributed by atoms with Gasteiger partial charge in [-0.25, -0.2) is 13.1 Å². The van der Waals surface area contributed by atoms with Crippen LogP contribution in [0.2, 0.25) is 5.02 Å². The lowest BCUT2D eigenvalue weighted by Crippen LogP contribution is -2.35. The van der Waals surface area contributed by atoms with Crippen molar-refractivity contribution in [2.45, 2.75) is 17.7 Å². The second kappa shape index (κ2) is 5.99. The highest BCUT2D eigenvalue weighted by atomic mass is 35.5. The van der Waals surface area contributed by atoms with Gasteiger partial charge in [-0.15, -0.1) is 0 Å². The molecule has 110 valence electrons. The van der Waals surface area contributed by atoms with Crippen LogP contribution in [0.1, 0.15) is 12.8 Å². The molecule has 1 amide bonds. The number of carbonyl (C=O) groups excluding carboxylic acids is 1. The van der Waals surface area contributed by atoms with Gasteiger partial charge in [0.25, 0.3) is 0 Å². The highest BCUT2D eigenvalue weighted by Gasteiger charge is 2.29. The van der Waals surface area contributed by atoms with Crippen LogP contribution in [-0.2, 0) is 14.8 Å². The van der Waals surface area contributed by atoms with E-state index in [0.29, 0.717) is 5.02 Å². The van der Waals surface area contributed by atoms with E-state index in [0.717, 1.165) is 12.8 Å². The van der Waals surface area contributed by atoms with Crippen molar-refractivity contribution in [2.75, 3.05) is 18.8 Å². The number of nitrogens with one attached hydrogen (secondary N) is 2. The fraction of sp³-hybridized carbons (Fsp3) is 0.417. The number of sulfonamides is 1. The summed E-state index contributed by atoms with van der Waals surface area (Å²) in [6.07, 6.45) is 1.83. The van der Waals surface area contributed by atoms with Crippen molar-refractivity contribution in [1.29, 1.82) is 0 Å². The molecule has 0 heterocycles. The molecule has 20 heavy (non-hydrogen) atoms. The second-order valence-electron chi connectivity index (χ2n) is 4.65. The monoisotopic (exact) mass is 317 g/mol. The Labute approximate surface area is 122 Å². The van der Waals surface area contributed by atoms with E-state index in [4.69, 9.17) is 17.3 Å². The highest BCUT2D eigenvalue weighted by Crippen LogP contribution is 2.28. The molecule has 0 saturated heterocycles. The maximum absolute atomic E-state index is 12.0. The van der Waals surface area contributed by atoms with Gasteiger partial charge in [-0.1, -0.05) is 11.6 Å². The minimum atomic E-state index is -3.70. The van der Waals surface area contributed by atoms with Crippen LogP contribution >= 0.6 is 11.6 Å². The molecular weight excluding hydrogens is 302 g/mol. The van der Waals surface area contributed by atoms with Crippen molar-refractivity contribution in [2.24, 2.45) is 5.92 Å². The molecule has 0 atom stereocenters. The first-order valence-electron chi connectivity index (χ1n) is 6.22. The number of nitrogen functional groups attached to an aromatic ring is 1. The molecule has 8 heteroatoms. The van der Waals surface area contributed by atoms with Crippen LogP contribution < -0.4 is 15.8 Å². The molecule has 1 fully saturated rings. The van der Waals surface area contributed by atoms with Crippen LogP contribution in [0, 0.1) is 5.92 Å². The van der Waals surface area contributed by atoms with Gasteiger partial charge in [0.2, 0.25) is 15.9 Å². The summed E-state index contributed by atoms with van der Waals surface area (Å²) < 4.78 is 26.4. The van der Waals surface area contributed by atoms with Gasteiger partial charge in [0.05, 0.1) is 5.69 Å². The molecule has 1 aliphatic rings. The number of hydrogen-bond acceptors (Lipinski definition) is 4. The molecule has 6 nitrogen and oxygen atoms in total. The quantitative estimate of drug-likeness (QED) is 0.531. The van der Waals surface area contributed by atoms with E-state index < -0.39 is 10.0 Å². The fourth-order valence-electron chi connectivity index (χ4n) is 1.70. The van der Waals surface area contributed by atoms with Crippen molar-refractivity contribution in [1.82, 2.24) is 10.0 Å². The lowest BCUT2D eigenvalue weighted by atomic mass is 10.3. The predicted octanol–water partition coefficient (Wildman–Crippen LogP) is 0.727. The van der Waals surface area contributed by atoms with Gasteiger partial charge in [-0.2, -0.15) is 0 Å². The summed E-state index contributed by atoms with van der Waals surface area (Å²) in [5, 5.41) is 3.05. The SMILES string of the molecule is Nc1cc(Cl)ccc1S(=O)(=O)NCCNC(=O)C1CC1. The topological polar surface area (TPSA) is 101 Å². The highest BCUT2D eigenvalue weighted by molar-refractivity contribution is 7.89. The second-order valence-corrected chi connectivity index (χ2v) is 6.82. The molecule has 0 aromatic heterocycles. The third kappa shape index (κ3) is 3.84. The van der Waals surface area contributed by atoms with Crippen LogP contribution in [0.25, 0.3) is 0 Å². The van der Waals surface area contributed by atoms with Crippen molar-refractivity contribution in [3.63, 3.8) is 0 Å². The standard InChI is InChI=1S/C12H16ClN3O3S/c13-9-3-4-11(10(14)7-9)20(18,19)16-6-5-15-12(17)8-1-2-8/h3-4,7-8,16H,1-2,5-6,14H2,(H,15,17). The first-order chi connectivity index (χ1) is 9.40. The van der Waals surface area contributed by atoms with Gasteiger partial charge < -0.3 is 11.1 Å². The maximum atomic E-state index is 12.0. The Bertz CT molecular complexity index is 614. The van der Waals surface area contributed by atoms with E-state index in [1.54, 1.807) is 0 Å². The Hall–Kier alpha value is -1.31. The minimum absolute atomic E-state index is 0.0181. The predicted molar refractivity (Wildman–Crippen MR) is 76.8 cm³/mol. The lowest BCUT2D eigenvalue weighted by Gasteiger charge is -2.10. The van der Waals surface area contributed by atoms with Gasteiger partial charge in [-0.05, 0) is 31.0 Å². The smallest absolute Gasteiger partial charge is 0.242 e. The van der Waals surface area contributed by atoms with E-state index in [2.05, 4.69) is 10.0 Å². The Morgan fingerprint density at radius 2 is 2.05 bits per heavy atom. The average molecular weight is 318 g/mol. The van der Waals surface area contributed by atoms with Crippen molar-refractivity contribution < 1.29 is 13.2 Å². The van der Waals surface area contributed by atoms with Crippen LogP contribution in [0.5, 0.6) is 0 Å². The third-order valence-electron chi connectivity index (χ3n) is 2.93. The third-order valence-corrected chi connectivity index (χ3v) is 4.70. The summed E-state index contributed by atoms with van der Waals surface area (Å²) in [5.41, 5.74) is 5.72. The maximum Gasteiger partial charge on any atom is 0.242 e. The van der Waals surface area contributed by atoms with Gasteiger partial charge in [0.15, 0.2) is 0 Å². The first kappa shape index (κ1) is 15.1. The normalized spacial score (nSPS) is 15.1. The van der Waals surface area contributed by atoms with Gasteiger partial charge in [0.1, 0.15) is 4.90 Å². The molecule has 1 saturated carbocycles. The number of nitrogens with two attached hydrogens (primary N) is 1. The van der Waals surface area contributed by atoms with E-state index in [1.165, 1.54) is 18.2 Å². The number of benzene rings is 1. The number of hydrogen-bond donors (Lipinski definition) is 3. The molecular formula is C12H16ClN3O3S. The lowest BCUT2D eigenvalue weighted by molar-refractivity contribution is -0.122. The Balaban J connectivity index is 1.88. The summed E-state index contributed by atoms with van der Waals surface area (Å²) in [6.45, 7) is 0.366. The summed E-state index contributed by atoms with van der Waals surface area (Å²) in [4.78, 5) is 11.4. The van der Waals surface area contributed by atoms with Crippen molar-refractivity contribution in [3.05, 3.63) is 23.2 Å². The average Bonchev–Trinajstić information content (AvgIpc) is 3.18. The number of halogens is 1. The molecule has 0 aliphatic heterocycles. The molecule has 0 radical (unpaired) electrons. The van der Waals surface area contributed by atoms with E-state index in [1.807, 2.05) is 0 Å².